The van der Waals surface area contributed by atoms with Gasteiger partial charge in [0, 0.05) is 16.9 Å². The first-order valence-electron chi connectivity index (χ1n) is 7.97. The van der Waals surface area contributed by atoms with Gasteiger partial charge in [0.05, 0.1) is 11.9 Å². The van der Waals surface area contributed by atoms with E-state index in [9.17, 15) is 4.79 Å². The average molecular weight is 336 g/mol. The van der Waals surface area contributed by atoms with Crippen molar-refractivity contribution in [3.8, 4) is 23.5 Å². The molecule has 3 aromatic rings. The lowest BCUT2D eigenvalue weighted by Crippen LogP contribution is -2.25. The molecule has 0 N–H and O–H groups in total. The molecule has 0 aliphatic carbocycles. The van der Waals surface area contributed by atoms with E-state index in [1.165, 1.54) is 16.9 Å². The van der Waals surface area contributed by atoms with Crippen molar-refractivity contribution >= 4 is 21.6 Å². The Morgan fingerprint density at radius 3 is 2.67 bits per heavy atom. The summed E-state index contributed by atoms with van der Waals surface area (Å²) >= 11 is 1.52. The highest BCUT2D eigenvalue weighted by molar-refractivity contribution is 7.17. The summed E-state index contributed by atoms with van der Waals surface area (Å²) in [6, 6.07) is 6.28. The average Bonchev–Trinajstić information content (AvgIpc) is 2.94. The molecule has 3 rings (SSSR count). The van der Waals surface area contributed by atoms with E-state index in [2.05, 4.69) is 38.0 Å². The van der Waals surface area contributed by atoms with Gasteiger partial charge in [-0.25, -0.2) is 4.98 Å². The molecule has 3 nitrogen and oxygen atoms in total. The fourth-order valence-electron chi connectivity index (χ4n) is 3.04. The Balaban J connectivity index is 2.35. The van der Waals surface area contributed by atoms with E-state index in [0.29, 0.717) is 5.39 Å². The van der Waals surface area contributed by atoms with Gasteiger partial charge in [0.25, 0.3) is 5.56 Å². The van der Waals surface area contributed by atoms with Crippen molar-refractivity contribution < 1.29 is 0 Å². The standard InChI is InChI=1S/C20H20N2OS/c1-6-9-22-18(12(2)3)21-19-17(20(22)23)16(11-24-19)15-8-7-13(4)10-14(15)5/h1,7-8,10-12H,9H2,2-5H3. The lowest BCUT2D eigenvalue weighted by atomic mass is 9.99. The predicted octanol–water partition coefficient (Wildman–Crippen LogP) is 4.50. The summed E-state index contributed by atoms with van der Waals surface area (Å²) in [5.74, 6) is 3.47. The van der Waals surface area contributed by atoms with Crippen LogP contribution >= 0.6 is 11.3 Å². The third-order valence-corrected chi connectivity index (χ3v) is 5.03. The minimum Gasteiger partial charge on any atom is -0.284 e. The highest BCUT2D eigenvalue weighted by Crippen LogP contribution is 2.33. The molecule has 122 valence electrons. The molecule has 0 amide bonds. The van der Waals surface area contributed by atoms with E-state index in [4.69, 9.17) is 11.4 Å². The van der Waals surface area contributed by atoms with Gasteiger partial charge in [0.1, 0.15) is 10.7 Å². The quantitative estimate of drug-likeness (QED) is 0.660. The van der Waals surface area contributed by atoms with Gasteiger partial charge in [0.2, 0.25) is 0 Å². The van der Waals surface area contributed by atoms with Gasteiger partial charge in [-0.15, -0.1) is 17.8 Å². The number of aryl methyl sites for hydroxylation is 2. The molecular formula is C20H20N2OS. The second-order valence-corrected chi connectivity index (χ2v) is 7.23. The lowest BCUT2D eigenvalue weighted by Gasteiger charge is -2.13. The van der Waals surface area contributed by atoms with Crippen molar-refractivity contribution in [3.63, 3.8) is 0 Å². The van der Waals surface area contributed by atoms with Crippen LogP contribution in [0.4, 0.5) is 0 Å². The topological polar surface area (TPSA) is 34.9 Å². The Morgan fingerprint density at radius 1 is 1.29 bits per heavy atom. The first kappa shape index (κ1) is 16.5. The summed E-state index contributed by atoms with van der Waals surface area (Å²) in [6.45, 7) is 8.44. The monoisotopic (exact) mass is 336 g/mol. The number of terminal acetylenes is 1. The maximum Gasteiger partial charge on any atom is 0.263 e. The van der Waals surface area contributed by atoms with Crippen LogP contribution in [0.2, 0.25) is 0 Å². The van der Waals surface area contributed by atoms with Crippen LogP contribution in [0, 0.1) is 26.2 Å². The van der Waals surface area contributed by atoms with Gasteiger partial charge in [-0.2, -0.15) is 0 Å². The summed E-state index contributed by atoms with van der Waals surface area (Å²) in [6.07, 6.45) is 5.47. The van der Waals surface area contributed by atoms with Crippen molar-refractivity contribution in [3.05, 3.63) is 50.9 Å². The lowest BCUT2D eigenvalue weighted by molar-refractivity contribution is 0.651. The summed E-state index contributed by atoms with van der Waals surface area (Å²) in [5.41, 5.74) is 4.35. The third kappa shape index (κ3) is 2.65. The van der Waals surface area contributed by atoms with E-state index < -0.39 is 0 Å². The fraction of sp³-hybridized carbons (Fsp3) is 0.300. The Bertz CT molecular complexity index is 1020. The van der Waals surface area contributed by atoms with Gasteiger partial charge < -0.3 is 0 Å². The molecule has 0 saturated heterocycles. The molecule has 2 aromatic heterocycles. The summed E-state index contributed by atoms with van der Waals surface area (Å²) < 4.78 is 1.63. The zero-order valence-corrected chi connectivity index (χ0v) is 15.2. The molecular weight excluding hydrogens is 316 g/mol. The minimum atomic E-state index is -0.0436. The zero-order chi connectivity index (χ0) is 17.4. The smallest absolute Gasteiger partial charge is 0.263 e. The van der Waals surface area contributed by atoms with E-state index in [0.717, 1.165) is 27.3 Å². The first-order chi connectivity index (χ1) is 11.4. The van der Waals surface area contributed by atoms with Gasteiger partial charge >= 0.3 is 0 Å². The molecule has 0 unspecified atom stereocenters. The molecule has 0 atom stereocenters. The molecule has 2 heterocycles. The van der Waals surface area contributed by atoms with Crippen molar-refractivity contribution in [1.29, 1.82) is 0 Å². The van der Waals surface area contributed by atoms with E-state index in [1.54, 1.807) is 4.57 Å². The summed E-state index contributed by atoms with van der Waals surface area (Å²) in [5, 5.41) is 2.70. The largest absolute Gasteiger partial charge is 0.284 e. The number of hydrogen-bond acceptors (Lipinski definition) is 3. The Hall–Kier alpha value is -2.38. The predicted molar refractivity (Wildman–Crippen MR) is 102 cm³/mol. The Morgan fingerprint density at radius 2 is 2.04 bits per heavy atom. The number of nitrogens with zero attached hydrogens (tertiary/aromatic N) is 2. The molecule has 0 spiro atoms. The van der Waals surface area contributed by atoms with Crippen LogP contribution in [0.1, 0.15) is 36.7 Å². The van der Waals surface area contributed by atoms with Crippen LogP contribution in [-0.4, -0.2) is 9.55 Å². The molecule has 0 radical (unpaired) electrons. The molecule has 1 aromatic carbocycles. The SMILES string of the molecule is C#CCn1c(C(C)C)nc2scc(-c3ccc(C)cc3C)c2c1=O. The summed E-state index contributed by atoms with van der Waals surface area (Å²) in [7, 11) is 0. The Labute approximate surface area is 146 Å². The van der Waals surface area contributed by atoms with Gasteiger partial charge in [0.15, 0.2) is 0 Å². The van der Waals surface area contributed by atoms with Gasteiger partial charge in [-0.1, -0.05) is 43.5 Å². The highest BCUT2D eigenvalue weighted by atomic mass is 32.1. The molecule has 0 fully saturated rings. The number of rotatable bonds is 3. The first-order valence-corrected chi connectivity index (χ1v) is 8.85. The van der Waals surface area contributed by atoms with Crippen LogP contribution in [0.5, 0.6) is 0 Å². The molecule has 0 saturated carbocycles. The fourth-order valence-corrected chi connectivity index (χ4v) is 3.97. The van der Waals surface area contributed by atoms with E-state index >= 15 is 0 Å². The molecule has 4 heteroatoms. The molecule has 0 aliphatic rings. The number of hydrogen-bond donors (Lipinski definition) is 0. The number of thiophene rings is 1. The molecule has 0 aliphatic heterocycles. The Kier molecular flexibility index (Phi) is 4.29. The molecule has 0 bridgehead atoms. The third-order valence-electron chi connectivity index (χ3n) is 4.16. The van der Waals surface area contributed by atoms with Crippen molar-refractivity contribution in [1.82, 2.24) is 9.55 Å². The van der Waals surface area contributed by atoms with Crippen molar-refractivity contribution in [2.24, 2.45) is 0 Å². The maximum absolute atomic E-state index is 13.1. The number of fused-ring (bicyclic) bond motifs is 1. The number of aromatic nitrogens is 2. The number of benzene rings is 1. The van der Waals surface area contributed by atoms with Crippen LogP contribution in [0.25, 0.3) is 21.3 Å². The van der Waals surface area contributed by atoms with Gasteiger partial charge in [-0.3, -0.25) is 9.36 Å². The zero-order valence-electron chi connectivity index (χ0n) is 14.4. The second-order valence-electron chi connectivity index (χ2n) is 6.37. The minimum absolute atomic E-state index is 0.0436. The van der Waals surface area contributed by atoms with Crippen LogP contribution in [-0.2, 0) is 6.54 Å². The van der Waals surface area contributed by atoms with Crippen LogP contribution in [0.15, 0.2) is 28.4 Å². The van der Waals surface area contributed by atoms with Crippen LogP contribution < -0.4 is 5.56 Å². The van der Waals surface area contributed by atoms with Gasteiger partial charge in [-0.05, 0) is 25.0 Å². The van der Waals surface area contributed by atoms with E-state index in [1.807, 2.05) is 19.2 Å². The highest BCUT2D eigenvalue weighted by Gasteiger charge is 2.18. The molecule has 24 heavy (non-hydrogen) atoms. The maximum atomic E-state index is 13.1. The second kappa shape index (κ2) is 6.26. The van der Waals surface area contributed by atoms with Crippen molar-refractivity contribution in [2.45, 2.75) is 40.2 Å². The summed E-state index contributed by atoms with van der Waals surface area (Å²) in [4.78, 5) is 18.6. The van der Waals surface area contributed by atoms with Crippen molar-refractivity contribution in [2.75, 3.05) is 0 Å². The normalized spacial score (nSPS) is 11.2. The van der Waals surface area contributed by atoms with E-state index in [-0.39, 0.29) is 18.0 Å². The van der Waals surface area contributed by atoms with Crippen LogP contribution in [0.3, 0.4) is 0 Å².